The van der Waals surface area contributed by atoms with Gasteiger partial charge in [0.1, 0.15) is 0 Å². The molecule has 0 amide bonds. The van der Waals surface area contributed by atoms with Crippen molar-refractivity contribution in [3.05, 3.63) is 17.8 Å². The fraction of sp³-hybridized carbons (Fsp3) is 0.333. The van der Waals surface area contributed by atoms with Gasteiger partial charge in [0.15, 0.2) is 11.5 Å². The number of aromatic amines is 1. The third-order valence-corrected chi connectivity index (χ3v) is 2.12. The van der Waals surface area contributed by atoms with E-state index in [9.17, 15) is 0 Å². The van der Waals surface area contributed by atoms with Crippen LogP contribution in [0, 0.1) is 0 Å². The molecule has 2 N–H and O–H groups in total. The van der Waals surface area contributed by atoms with Gasteiger partial charge < -0.3 is 5.32 Å². The minimum absolute atomic E-state index is 0.835. The SMILES string of the molecule is CCc1cnc2[nH]nc(NC)c2c1. The maximum atomic E-state index is 4.26. The lowest BCUT2D eigenvalue weighted by Crippen LogP contribution is -1.88. The second-order valence-electron chi connectivity index (χ2n) is 2.92. The second kappa shape index (κ2) is 3.05. The van der Waals surface area contributed by atoms with E-state index in [-0.39, 0.29) is 0 Å². The van der Waals surface area contributed by atoms with Crippen LogP contribution in [0.4, 0.5) is 5.82 Å². The van der Waals surface area contributed by atoms with Crippen LogP contribution < -0.4 is 5.32 Å². The third kappa shape index (κ3) is 1.24. The van der Waals surface area contributed by atoms with Gasteiger partial charge in [-0.1, -0.05) is 6.92 Å². The second-order valence-corrected chi connectivity index (χ2v) is 2.92. The van der Waals surface area contributed by atoms with Crippen molar-refractivity contribution in [2.45, 2.75) is 13.3 Å². The summed E-state index contributed by atoms with van der Waals surface area (Å²) in [7, 11) is 1.86. The van der Waals surface area contributed by atoms with Crippen LogP contribution in [0.1, 0.15) is 12.5 Å². The topological polar surface area (TPSA) is 53.6 Å². The predicted octanol–water partition coefficient (Wildman–Crippen LogP) is 1.56. The van der Waals surface area contributed by atoms with Gasteiger partial charge >= 0.3 is 0 Å². The van der Waals surface area contributed by atoms with Crippen LogP contribution in [-0.4, -0.2) is 22.2 Å². The molecule has 0 aliphatic rings. The van der Waals surface area contributed by atoms with Gasteiger partial charge in [0.25, 0.3) is 0 Å². The van der Waals surface area contributed by atoms with Gasteiger partial charge in [-0.2, -0.15) is 5.10 Å². The Morgan fingerprint density at radius 1 is 1.54 bits per heavy atom. The lowest BCUT2D eigenvalue weighted by atomic mass is 10.2. The summed E-state index contributed by atoms with van der Waals surface area (Å²) in [6.45, 7) is 2.11. The first-order chi connectivity index (χ1) is 6.35. The van der Waals surface area contributed by atoms with E-state index in [1.54, 1.807) is 0 Å². The predicted molar refractivity (Wildman–Crippen MR) is 52.8 cm³/mol. The van der Waals surface area contributed by atoms with Crippen molar-refractivity contribution in [1.29, 1.82) is 0 Å². The highest BCUT2D eigenvalue weighted by Crippen LogP contribution is 2.18. The molecule has 0 radical (unpaired) electrons. The van der Waals surface area contributed by atoms with Crippen molar-refractivity contribution in [3.8, 4) is 0 Å². The molecule has 0 saturated carbocycles. The summed E-state index contributed by atoms with van der Waals surface area (Å²) in [5.74, 6) is 0.859. The summed E-state index contributed by atoms with van der Waals surface area (Å²) in [6.07, 6.45) is 2.87. The van der Waals surface area contributed by atoms with E-state index in [2.05, 4.69) is 33.5 Å². The Bertz CT molecular complexity index is 418. The first-order valence-corrected chi connectivity index (χ1v) is 4.36. The molecule has 2 aromatic rings. The highest BCUT2D eigenvalue weighted by molar-refractivity contribution is 5.87. The van der Waals surface area contributed by atoms with Gasteiger partial charge in [0.2, 0.25) is 0 Å². The molecule has 4 heteroatoms. The molecular formula is C9H12N4. The number of aromatic nitrogens is 3. The monoisotopic (exact) mass is 176 g/mol. The molecule has 0 fully saturated rings. The Morgan fingerprint density at radius 2 is 2.38 bits per heavy atom. The maximum absolute atomic E-state index is 4.26. The molecule has 2 aromatic heterocycles. The van der Waals surface area contributed by atoms with Gasteiger partial charge in [-0.25, -0.2) is 4.98 Å². The van der Waals surface area contributed by atoms with Gasteiger partial charge in [-0.15, -0.1) is 0 Å². The number of aryl methyl sites for hydroxylation is 1. The summed E-state index contributed by atoms with van der Waals surface area (Å²) < 4.78 is 0. The van der Waals surface area contributed by atoms with E-state index in [0.717, 1.165) is 23.3 Å². The fourth-order valence-electron chi connectivity index (χ4n) is 1.33. The molecule has 4 nitrogen and oxygen atoms in total. The molecule has 13 heavy (non-hydrogen) atoms. The summed E-state index contributed by atoms with van der Waals surface area (Å²) >= 11 is 0. The lowest BCUT2D eigenvalue weighted by Gasteiger charge is -1.96. The number of H-pyrrole nitrogens is 1. The summed E-state index contributed by atoms with van der Waals surface area (Å²) in [5.41, 5.74) is 2.06. The number of fused-ring (bicyclic) bond motifs is 1. The molecule has 0 bridgehead atoms. The van der Waals surface area contributed by atoms with Crippen LogP contribution in [0.25, 0.3) is 11.0 Å². The van der Waals surface area contributed by atoms with E-state index in [1.807, 2.05) is 13.2 Å². The number of hydrogen-bond donors (Lipinski definition) is 2. The maximum Gasteiger partial charge on any atom is 0.157 e. The number of nitrogens with zero attached hydrogens (tertiary/aromatic N) is 2. The quantitative estimate of drug-likeness (QED) is 0.730. The van der Waals surface area contributed by atoms with Crippen LogP contribution in [0.3, 0.4) is 0 Å². The molecule has 2 rings (SSSR count). The Morgan fingerprint density at radius 3 is 3.08 bits per heavy atom. The van der Waals surface area contributed by atoms with Gasteiger partial charge in [0.05, 0.1) is 5.39 Å². The van der Waals surface area contributed by atoms with Crippen molar-refractivity contribution in [2.24, 2.45) is 0 Å². The average Bonchev–Trinajstić information content (AvgIpc) is 2.59. The Hall–Kier alpha value is -1.58. The Kier molecular flexibility index (Phi) is 1.88. The average molecular weight is 176 g/mol. The van der Waals surface area contributed by atoms with Crippen molar-refractivity contribution in [1.82, 2.24) is 15.2 Å². The van der Waals surface area contributed by atoms with Crippen LogP contribution >= 0.6 is 0 Å². The van der Waals surface area contributed by atoms with Crippen LogP contribution in [-0.2, 0) is 6.42 Å². The van der Waals surface area contributed by atoms with Gasteiger partial charge in [0, 0.05) is 13.2 Å². The Balaban J connectivity index is 2.64. The minimum atomic E-state index is 0.835. The molecule has 0 atom stereocenters. The lowest BCUT2D eigenvalue weighted by molar-refractivity contribution is 1.08. The van der Waals surface area contributed by atoms with Crippen molar-refractivity contribution in [2.75, 3.05) is 12.4 Å². The normalized spacial score (nSPS) is 10.6. The highest BCUT2D eigenvalue weighted by Gasteiger charge is 2.04. The van der Waals surface area contributed by atoms with E-state index >= 15 is 0 Å². The molecule has 2 heterocycles. The fourth-order valence-corrected chi connectivity index (χ4v) is 1.33. The van der Waals surface area contributed by atoms with Crippen LogP contribution in [0.15, 0.2) is 12.3 Å². The molecular weight excluding hydrogens is 164 g/mol. The summed E-state index contributed by atoms with van der Waals surface area (Å²) in [4.78, 5) is 4.26. The molecule has 0 unspecified atom stereocenters. The Labute approximate surface area is 76.4 Å². The summed E-state index contributed by atoms with van der Waals surface area (Å²) in [6, 6.07) is 2.11. The molecule has 0 saturated heterocycles. The molecule has 0 aliphatic heterocycles. The molecule has 0 spiro atoms. The number of anilines is 1. The minimum Gasteiger partial charge on any atom is -0.371 e. The zero-order valence-corrected chi connectivity index (χ0v) is 7.76. The first-order valence-electron chi connectivity index (χ1n) is 4.36. The van der Waals surface area contributed by atoms with Crippen LogP contribution in [0.5, 0.6) is 0 Å². The largest absolute Gasteiger partial charge is 0.371 e. The standard InChI is InChI=1S/C9H12N4/c1-3-6-4-7-8(10-2)12-13-9(7)11-5-6/h4-5H,3H2,1-2H3,(H2,10,11,12,13). The third-order valence-electron chi connectivity index (χ3n) is 2.12. The number of nitrogens with one attached hydrogen (secondary N) is 2. The number of hydrogen-bond acceptors (Lipinski definition) is 3. The number of pyridine rings is 1. The zero-order chi connectivity index (χ0) is 9.26. The van der Waals surface area contributed by atoms with Crippen LogP contribution in [0.2, 0.25) is 0 Å². The number of rotatable bonds is 2. The van der Waals surface area contributed by atoms with Crippen molar-refractivity contribution in [3.63, 3.8) is 0 Å². The zero-order valence-electron chi connectivity index (χ0n) is 7.76. The van der Waals surface area contributed by atoms with E-state index in [0.29, 0.717) is 0 Å². The molecule has 0 aliphatic carbocycles. The van der Waals surface area contributed by atoms with Crippen molar-refractivity contribution >= 4 is 16.9 Å². The highest BCUT2D eigenvalue weighted by atomic mass is 15.2. The molecule has 68 valence electrons. The van der Waals surface area contributed by atoms with E-state index < -0.39 is 0 Å². The smallest absolute Gasteiger partial charge is 0.157 e. The summed E-state index contributed by atoms with van der Waals surface area (Å²) in [5, 5.41) is 11.0. The molecule has 0 aromatic carbocycles. The van der Waals surface area contributed by atoms with Crippen molar-refractivity contribution < 1.29 is 0 Å². The van der Waals surface area contributed by atoms with Gasteiger partial charge in [-0.05, 0) is 18.1 Å². The van der Waals surface area contributed by atoms with Gasteiger partial charge in [-0.3, -0.25) is 5.10 Å². The first kappa shape index (κ1) is 8.04. The van der Waals surface area contributed by atoms with E-state index in [1.165, 1.54) is 5.56 Å². The van der Waals surface area contributed by atoms with E-state index in [4.69, 9.17) is 0 Å².